The summed E-state index contributed by atoms with van der Waals surface area (Å²) in [5, 5.41) is 11.0. The molecule has 0 amide bonds. The third-order valence-electron chi connectivity index (χ3n) is 4.66. The van der Waals surface area contributed by atoms with Crippen LogP contribution in [0, 0.1) is 11.3 Å². The van der Waals surface area contributed by atoms with Crippen molar-refractivity contribution in [3.05, 3.63) is 54.1 Å². The second-order valence-corrected chi connectivity index (χ2v) is 6.80. The molecule has 0 fully saturated rings. The Labute approximate surface area is 156 Å². The average molecular weight is 359 g/mol. The molecule has 0 saturated heterocycles. The molecule has 4 rings (SSSR count). The number of rotatable bonds is 3. The fourth-order valence-electron chi connectivity index (χ4n) is 3.40. The molecule has 4 nitrogen and oxygen atoms in total. The van der Waals surface area contributed by atoms with Crippen molar-refractivity contribution in [2.75, 3.05) is 13.4 Å². The maximum absolute atomic E-state index is 9.88. The van der Waals surface area contributed by atoms with E-state index in [9.17, 15) is 5.26 Å². The maximum Gasteiger partial charge on any atom is 0.118 e. The Bertz CT molecular complexity index is 1170. The van der Waals surface area contributed by atoms with E-state index in [1.165, 1.54) is 0 Å². The largest absolute Gasteiger partial charge is 0.497 e. The van der Waals surface area contributed by atoms with Gasteiger partial charge in [-0.3, -0.25) is 0 Å². The quantitative estimate of drug-likeness (QED) is 0.483. The summed E-state index contributed by atoms with van der Waals surface area (Å²) in [6.45, 7) is 0. The molecular weight excluding hydrogens is 342 g/mol. The number of para-hydroxylation sites is 1. The fraction of sp³-hybridized carbons (Fsp3) is 0.143. The number of benzene rings is 2. The molecule has 0 aliphatic heterocycles. The predicted octanol–water partition coefficient (Wildman–Crippen LogP) is 5.00. The zero-order valence-electron chi connectivity index (χ0n) is 14.8. The molecule has 0 radical (unpaired) electrons. The summed E-state index contributed by atoms with van der Waals surface area (Å²) < 4.78 is 7.37. The second kappa shape index (κ2) is 6.40. The van der Waals surface area contributed by atoms with E-state index in [1.54, 1.807) is 18.9 Å². The van der Waals surface area contributed by atoms with Crippen molar-refractivity contribution in [2.24, 2.45) is 7.05 Å². The molecule has 128 valence electrons. The minimum atomic E-state index is 0.612. The number of methoxy groups -OCH3 is 1. The highest BCUT2D eigenvalue weighted by Gasteiger charge is 2.21. The van der Waals surface area contributed by atoms with Gasteiger partial charge in [-0.25, -0.2) is 4.98 Å². The van der Waals surface area contributed by atoms with Gasteiger partial charge in [0.15, 0.2) is 0 Å². The smallest absolute Gasteiger partial charge is 0.118 e. The molecule has 0 aliphatic rings. The van der Waals surface area contributed by atoms with E-state index in [4.69, 9.17) is 9.72 Å². The molecule has 0 N–H and O–H groups in total. The van der Waals surface area contributed by atoms with Gasteiger partial charge in [-0.15, -0.1) is 11.8 Å². The molecule has 4 aromatic rings. The summed E-state index contributed by atoms with van der Waals surface area (Å²) in [5.41, 5.74) is 5.28. The number of hydrogen-bond acceptors (Lipinski definition) is 4. The van der Waals surface area contributed by atoms with Gasteiger partial charge >= 0.3 is 0 Å². The van der Waals surface area contributed by atoms with E-state index in [0.29, 0.717) is 11.3 Å². The van der Waals surface area contributed by atoms with Gasteiger partial charge in [0, 0.05) is 18.0 Å². The number of ether oxygens (including phenoxy) is 1. The Morgan fingerprint density at radius 1 is 1.12 bits per heavy atom. The van der Waals surface area contributed by atoms with E-state index < -0.39 is 0 Å². The molecule has 0 bridgehead atoms. The number of pyridine rings is 1. The second-order valence-electron chi connectivity index (χ2n) is 5.98. The maximum atomic E-state index is 9.88. The molecule has 2 heterocycles. The summed E-state index contributed by atoms with van der Waals surface area (Å²) in [7, 11) is 3.67. The topological polar surface area (TPSA) is 50.8 Å². The Hall–Kier alpha value is -2.97. The van der Waals surface area contributed by atoms with Gasteiger partial charge < -0.3 is 9.30 Å². The van der Waals surface area contributed by atoms with Crippen LogP contribution in [-0.2, 0) is 7.05 Å². The van der Waals surface area contributed by atoms with Crippen molar-refractivity contribution in [2.45, 2.75) is 4.90 Å². The molecule has 0 aliphatic carbocycles. The predicted molar refractivity (Wildman–Crippen MR) is 107 cm³/mol. The summed E-state index contributed by atoms with van der Waals surface area (Å²) in [6, 6.07) is 18.3. The van der Waals surface area contributed by atoms with Crippen LogP contribution < -0.4 is 4.74 Å². The number of nitrogens with zero attached hydrogens (tertiary/aromatic N) is 3. The van der Waals surface area contributed by atoms with Gasteiger partial charge in [-0.2, -0.15) is 5.26 Å². The van der Waals surface area contributed by atoms with Gasteiger partial charge in [0.05, 0.1) is 39.8 Å². The third kappa shape index (κ3) is 2.34. The number of aromatic nitrogens is 2. The standard InChI is InChI=1S/C21H17N3OS/c1-24-17-7-5-4-6-15(17)19-20(24)21(26-3)16(12-22)18(23-19)13-8-10-14(25-2)11-9-13/h4-11H,1-3H3. The van der Waals surface area contributed by atoms with Crippen molar-refractivity contribution >= 4 is 33.7 Å². The first-order valence-electron chi connectivity index (χ1n) is 8.19. The van der Waals surface area contributed by atoms with Gasteiger partial charge in [0.25, 0.3) is 0 Å². The minimum absolute atomic E-state index is 0.612. The lowest BCUT2D eigenvalue weighted by atomic mass is 10.0. The van der Waals surface area contributed by atoms with Crippen LogP contribution in [0.1, 0.15) is 5.56 Å². The van der Waals surface area contributed by atoms with E-state index in [2.05, 4.69) is 22.8 Å². The lowest BCUT2D eigenvalue weighted by molar-refractivity contribution is 0.415. The van der Waals surface area contributed by atoms with Crippen LogP contribution in [0.5, 0.6) is 5.75 Å². The number of fused-ring (bicyclic) bond motifs is 3. The average Bonchev–Trinajstić information content (AvgIpc) is 2.99. The van der Waals surface area contributed by atoms with Gasteiger partial charge in [0.1, 0.15) is 11.8 Å². The van der Waals surface area contributed by atoms with Crippen molar-refractivity contribution in [1.82, 2.24) is 9.55 Å². The molecule has 0 unspecified atom stereocenters. The van der Waals surface area contributed by atoms with Crippen LogP contribution in [-0.4, -0.2) is 22.9 Å². The van der Waals surface area contributed by atoms with Gasteiger partial charge in [-0.1, -0.05) is 18.2 Å². The Kier molecular flexibility index (Phi) is 4.06. The van der Waals surface area contributed by atoms with E-state index in [-0.39, 0.29) is 0 Å². The van der Waals surface area contributed by atoms with Gasteiger partial charge in [0.2, 0.25) is 0 Å². The molecular formula is C21H17N3OS. The van der Waals surface area contributed by atoms with Crippen molar-refractivity contribution < 1.29 is 4.74 Å². The highest BCUT2D eigenvalue weighted by atomic mass is 32.2. The molecule has 2 aromatic heterocycles. The Morgan fingerprint density at radius 3 is 2.50 bits per heavy atom. The van der Waals surface area contributed by atoms with Crippen LogP contribution in [0.25, 0.3) is 33.2 Å². The van der Waals surface area contributed by atoms with Gasteiger partial charge in [-0.05, 0) is 36.6 Å². The Balaban J connectivity index is 2.13. The van der Waals surface area contributed by atoms with E-state index in [0.717, 1.165) is 38.1 Å². The summed E-state index contributed by atoms with van der Waals surface area (Å²) in [6.07, 6.45) is 2.01. The highest BCUT2D eigenvalue weighted by Crippen LogP contribution is 2.39. The fourth-order valence-corrected chi connectivity index (χ4v) is 4.17. The number of aryl methyl sites for hydroxylation is 1. The number of hydrogen-bond donors (Lipinski definition) is 0. The SMILES string of the molecule is COc1ccc(-c2nc3c4ccccc4n(C)c3c(SC)c2C#N)cc1. The molecule has 0 atom stereocenters. The third-order valence-corrected chi connectivity index (χ3v) is 5.47. The van der Waals surface area contributed by atoms with Crippen LogP contribution in [0.4, 0.5) is 0 Å². The minimum Gasteiger partial charge on any atom is -0.497 e. The summed E-state index contributed by atoms with van der Waals surface area (Å²) in [4.78, 5) is 5.89. The first-order chi connectivity index (χ1) is 12.7. The van der Waals surface area contributed by atoms with Crippen LogP contribution in [0.3, 0.4) is 0 Å². The molecule has 2 aromatic carbocycles. The first-order valence-corrected chi connectivity index (χ1v) is 9.41. The molecule has 0 spiro atoms. The monoisotopic (exact) mass is 359 g/mol. The van der Waals surface area contributed by atoms with Crippen molar-refractivity contribution in [3.63, 3.8) is 0 Å². The Morgan fingerprint density at radius 2 is 1.85 bits per heavy atom. The van der Waals surface area contributed by atoms with Crippen molar-refractivity contribution in [3.8, 4) is 23.1 Å². The lowest BCUT2D eigenvalue weighted by Gasteiger charge is -2.11. The van der Waals surface area contributed by atoms with Crippen LogP contribution in [0.15, 0.2) is 53.4 Å². The van der Waals surface area contributed by atoms with Crippen LogP contribution >= 0.6 is 11.8 Å². The zero-order valence-corrected chi connectivity index (χ0v) is 15.6. The normalized spacial score (nSPS) is 11.0. The zero-order chi connectivity index (χ0) is 18.3. The molecule has 5 heteroatoms. The molecule has 0 saturated carbocycles. The summed E-state index contributed by atoms with van der Waals surface area (Å²) in [5.74, 6) is 0.781. The number of nitriles is 1. The lowest BCUT2D eigenvalue weighted by Crippen LogP contribution is -1.97. The van der Waals surface area contributed by atoms with Crippen LogP contribution in [0.2, 0.25) is 0 Å². The number of thioether (sulfide) groups is 1. The first kappa shape index (κ1) is 16.5. The van der Waals surface area contributed by atoms with E-state index in [1.807, 2.05) is 49.7 Å². The summed E-state index contributed by atoms with van der Waals surface area (Å²) >= 11 is 1.59. The van der Waals surface area contributed by atoms with E-state index >= 15 is 0 Å². The highest BCUT2D eigenvalue weighted by molar-refractivity contribution is 7.98. The molecule has 26 heavy (non-hydrogen) atoms. The van der Waals surface area contributed by atoms with Crippen molar-refractivity contribution in [1.29, 1.82) is 5.26 Å².